The van der Waals surface area contributed by atoms with Crippen molar-refractivity contribution in [2.75, 3.05) is 13.2 Å². The summed E-state index contributed by atoms with van der Waals surface area (Å²) in [6, 6.07) is 10.3. The number of benzene rings is 1. The highest BCUT2D eigenvalue weighted by atomic mass is 16.7. The Kier molecular flexibility index (Phi) is 5.80. The summed E-state index contributed by atoms with van der Waals surface area (Å²) in [5, 5.41) is 0. The minimum Gasteiger partial charge on any atom is -0.376 e. The van der Waals surface area contributed by atoms with Crippen LogP contribution in [0.5, 0.6) is 0 Å². The van der Waals surface area contributed by atoms with Crippen LogP contribution in [0.3, 0.4) is 0 Å². The molecule has 3 nitrogen and oxygen atoms in total. The molecule has 1 aromatic carbocycles. The quantitative estimate of drug-likeness (QED) is 0.820. The van der Waals surface area contributed by atoms with Crippen LogP contribution in [0.15, 0.2) is 30.3 Å². The van der Waals surface area contributed by atoms with E-state index in [0.717, 1.165) is 13.0 Å². The van der Waals surface area contributed by atoms with E-state index in [1.165, 1.54) is 5.56 Å². The minimum absolute atomic E-state index is 0.179. The lowest BCUT2D eigenvalue weighted by atomic mass is 9.91. The molecule has 0 aliphatic carbocycles. The molecule has 0 N–H and O–H groups in total. The van der Waals surface area contributed by atoms with E-state index < -0.39 is 5.79 Å². The first-order valence-corrected chi connectivity index (χ1v) is 7.91. The van der Waals surface area contributed by atoms with E-state index in [1.54, 1.807) is 0 Å². The monoisotopic (exact) mass is 292 g/mol. The summed E-state index contributed by atoms with van der Waals surface area (Å²) < 4.78 is 17.8. The summed E-state index contributed by atoms with van der Waals surface area (Å²) in [5.41, 5.74) is 1.21. The third-order valence-electron chi connectivity index (χ3n) is 4.06. The number of ether oxygens (including phenoxy) is 3. The second kappa shape index (κ2) is 7.39. The maximum Gasteiger partial charge on any atom is 0.163 e. The molecule has 0 saturated carbocycles. The van der Waals surface area contributed by atoms with Crippen LogP contribution < -0.4 is 0 Å². The van der Waals surface area contributed by atoms with Gasteiger partial charge in [0.15, 0.2) is 5.79 Å². The lowest BCUT2D eigenvalue weighted by molar-refractivity contribution is -0.237. The van der Waals surface area contributed by atoms with Crippen molar-refractivity contribution in [3.8, 4) is 0 Å². The topological polar surface area (TPSA) is 27.7 Å². The van der Waals surface area contributed by atoms with Crippen LogP contribution in [0.1, 0.15) is 39.7 Å². The Balaban J connectivity index is 1.84. The molecule has 3 heteroatoms. The fourth-order valence-electron chi connectivity index (χ4n) is 2.84. The molecule has 1 saturated heterocycles. The Labute approximate surface area is 128 Å². The van der Waals surface area contributed by atoms with Crippen LogP contribution in [0.2, 0.25) is 0 Å². The van der Waals surface area contributed by atoms with Gasteiger partial charge in [0.2, 0.25) is 0 Å². The van der Waals surface area contributed by atoms with Crippen LogP contribution in [-0.4, -0.2) is 25.1 Å². The first-order valence-electron chi connectivity index (χ1n) is 7.91. The van der Waals surface area contributed by atoms with Gasteiger partial charge in [-0.25, -0.2) is 0 Å². The molecule has 2 rings (SSSR count). The van der Waals surface area contributed by atoms with Gasteiger partial charge in [0.05, 0.1) is 25.9 Å². The first-order chi connectivity index (χ1) is 9.98. The molecule has 1 heterocycles. The molecule has 0 bridgehead atoms. The lowest BCUT2D eigenvalue weighted by Crippen LogP contribution is -2.38. The molecule has 0 aromatic heterocycles. The summed E-state index contributed by atoms with van der Waals surface area (Å²) in [6.45, 7) is 10.6. The largest absolute Gasteiger partial charge is 0.376 e. The predicted molar refractivity (Wildman–Crippen MR) is 83.9 cm³/mol. The number of hydrogen-bond acceptors (Lipinski definition) is 3. The highest BCUT2D eigenvalue weighted by Crippen LogP contribution is 2.30. The lowest BCUT2D eigenvalue weighted by Gasteiger charge is -2.33. The molecule has 0 unspecified atom stereocenters. The zero-order valence-electron chi connectivity index (χ0n) is 13.7. The normalized spacial score (nSPS) is 27.0. The predicted octanol–water partition coefficient (Wildman–Crippen LogP) is 4.02. The Morgan fingerprint density at radius 3 is 2.71 bits per heavy atom. The van der Waals surface area contributed by atoms with Crippen molar-refractivity contribution < 1.29 is 14.2 Å². The van der Waals surface area contributed by atoms with Gasteiger partial charge in [-0.05, 0) is 31.7 Å². The summed E-state index contributed by atoms with van der Waals surface area (Å²) in [5.74, 6) is 0.343. The fraction of sp³-hybridized carbons (Fsp3) is 0.667. The van der Waals surface area contributed by atoms with Gasteiger partial charge in [-0.2, -0.15) is 0 Å². The van der Waals surface area contributed by atoms with Crippen molar-refractivity contribution in [3.63, 3.8) is 0 Å². The van der Waals surface area contributed by atoms with Crippen molar-refractivity contribution >= 4 is 0 Å². The molecular weight excluding hydrogens is 264 g/mol. The van der Waals surface area contributed by atoms with E-state index in [2.05, 4.69) is 26.0 Å². The van der Waals surface area contributed by atoms with E-state index in [9.17, 15) is 0 Å². The Hall–Kier alpha value is -0.900. The third-order valence-corrected chi connectivity index (χ3v) is 4.06. The minimum atomic E-state index is -0.497. The Morgan fingerprint density at radius 2 is 2.00 bits per heavy atom. The van der Waals surface area contributed by atoms with Gasteiger partial charge in [-0.1, -0.05) is 44.2 Å². The smallest absolute Gasteiger partial charge is 0.163 e. The van der Waals surface area contributed by atoms with Crippen LogP contribution in [0.4, 0.5) is 0 Å². The van der Waals surface area contributed by atoms with Crippen molar-refractivity contribution in [1.82, 2.24) is 0 Å². The average Bonchev–Trinajstić information content (AvgIpc) is 2.58. The molecule has 21 heavy (non-hydrogen) atoms. The fourth-order valence-corrected chi connectivity index (χ4v) is 2.84. The van der Waals surface area contributed by atoms with Crippen LogP contribution in [0.25, 0.3) is 0 Å². The van der Waals surface area contributed by atoms with E-state index in [-0.39, 0.29) is 6.10 Å². The molecule has 118 valence electrons. The van der Waals surface area contributed by atoms with Crippen LogP contribution >= 0.6 is 0 Å². The molecule has 1 fully saturated rings. The molecule has 1 aromatic rings. The Bertz CT molecular complexity index is 416. The van der Waals surface area contributed by atoms with Gasteiger partial charge < -0.3 is 14.2 Å². The van der Waals surface area contributed by atoms with E-state index in [0.29, 0.717) is 25.0 Å². The van der Waals surface area contributed by atoms with Crippen molar-refractivity contribution in [2.24, 2.45) is 11.8 Å². The maximum atomic E-state index is 6.17. The van der Waals surface area contributed by atoms with Crippen molar-refractivity contribution in [3.05, 3.63) is 35.9 Å². The molecule has 0 spiro atoms. The first kappa shape index (κ1) is 16.5. The standard InChI is InChI=1S/C18H28O3/c1-14-10-11-20-18(3,4)21-17(14)15(2)12-19-13-16-8-6-5-7-9-16/h5-9,14-15,17H,10-13H2,1-4H3/t14-,15-,17+/m1/s1. The molecule has 3 atom stereocenters. The van der Waals surface area contributed by atoms with Crippen LogP contribution in [-0.2, 0) is 20.8 Å². The van der Waals surface area contributed by atoms with Crippen LogP contribution in [0, 0.1) is 11.8 Å². The zero-order valence-corrected chi connectivity index (χ0v) is 13.7. The average molecular weight is 292 g/mol. The van der Waals surface area contributed by atoms with Crippen molar-refractivity contribution in [1.29, 1.82) is 0 Å². The summed E-state index contributed by atoms with van der Waals surface area (Å²) >= 11 is 0. The second-order valence-electron chi connectivity index (χ2n) is 6.57. The van der Waals surface area contributed by atoms with Gasteiger partial charge in [0.25, 0.3) is 0 Å². The zero-order chi connectivity index (χ0) is 15.3. The maximum absolute atomic E-state index is 6.17. The van der Waals surface area contributed by atoms with E-state index >= 15 is 0 Å². The Morgan fingerprint density at radius 1 is 1.29 bits per heavy atom. The molecule has 0 amide bonds. The molecule has 1 aliphatic heterocycles. The second-order valence-corrected chi connectivity index (χ2v) is 6.57. The summed E-state index contributed by atoms with van der Waals surface area (Å²) in [4.78, 5) is 0. The van der Waals surface area contributed by atoms with Gasteiger partial charge in [0, 0.05) is 5.92 Å². The molecular formula is C18H28O3. The molecule has 0 radical (unpaired) electrons. The summed E-state index contributed by atoms with van der Waals surface area (Å²) in [7, 11) is 0. The van der Waals surface area contributed by atoms with E-state index in [4.69, 9.17) is 14.2 Å². The molecule has 1 aliphatic rings. The van der Waals surface area contributed by atoms with Gasteiger partial charge in [-0.15, -0.1) is 0 Å². The van der Waals surface area contributed by atoms with Gasteiger partial charge in [0.1, 0.15) is 0 Å². The number of rotatable bonds is 5. The number of hydrogen-bond donors (Lipinski definition) is 0. The van der Waals surface area contributed by atoms with Gasteiger partial charge in [-0.3, -0.25) is 0 Å². The SMILES string of the molecule is C[C@@H]1CCOC(C)(C)O[C@@H]1[C@H](C)COCc1ccccc1. The summed E-state index contributed by atoms with van der Waals surface area (Å²) in [6.07, 6.45) is 1.22. The van der Waals surface area contributed by atoms with E-state index in [1.807, 2.05) is 32.0 Å². The third kappa shape index (κ3) is 5.10. The highest BCUT2D eigenvalue weighted by molar-refractivity contribution is 5.13. The van der Waals surface area contributed by atoms with Gasteiger partial charge >= 0.3 is 0 Å². The highest BCUT2D eigenvalue weighted by Gasteiger charge is 2.34. The van der Waals surface area contributed by atoms with Crippen molar-refractivity contribution in [2.45, 2.75) is 52.6 Å².